The maximum Gasteiger partial charge on any atom is 0.251 e. The van der Waals surface area contributed by atoms with Gasteiger partial charge in [-0.15, -0.1) is 0 Å². The van der Waals surface area contributed by atoms with E-state index < -0.39 is 0 Å². The van der Waals surface area contributed by atoms with Crippen LogP contribution in [0.4, 0.5) is 0 Å². The Morgan fingerprint density at radius 2 is 1.83 bits per heavy atom. The molecule has 0 spiro atoms. The zero-order valence-electron chi connectivity index (χ0n) is 14.2. The number of nitrogens with one attached hydrogen (secondary N) is 1. The fraction of sp³-hybridized carbons (Fsp3) is 0.556. The van der Waals surface area contributed by atoms with Gasteiger partial charge in [0.15, 0.2) is 0 Å². The first kappa shape index (κ1) is 17.5. The van der Waals surface area contributed by atoms with Gasteiger partial charge in [-0.1, -0.05) is 26.0 Å². The Kier molecular flexibility index (Phi) is 6.16. The van der Waals surface area contributed by atoms with Gasteiger partial charge in [0, 0.05) is 31.8 Å². The van der Waals surface area contributed by atoms with Gasteiger partial charge in [-0.25, -0.2) is 0 Å². The van der Waals surface area contributed by atoms with Crippen LogP contribution in [0.1, 0.15) is 48.5 Å². The van der Waals surface area contributed by atoms with Crippen LogP contribution >= 0.6 is 0 Å². The smallest absolute Gasteiger partial charge is 0.251 e. The average molecular weight is 318 g/mol. The van der Waals surface area contributed by atoms with Crippen LogP contribution in [0.15, 0.2) is 24.3 Å². The van der Waals surface area contributed by atoms with Crippen LogP contribution in [0.2, 0.25) is 0 Å². The van der Waals surface area contributed by atoms with Gasteiger partial charge in [0.1, 0.15) is 6.61 Å². The number of carbonyl (C=O) groups is 2. The Hall–Kier alpha value is -1.88. The van der Waals surface area contributed by atoms with Crippen molar-refractivity contribution < 1.29 is 14.3 Å². The third kappa shape index (κ3) is 4.79. The highest BCUT2D eigenvalue weighted by atomic mass is 16.5. The molecule has 5 nitrogen and oxygen atoms in total. The van der Waals surface area contributed by atoms with Gasteiger partial charge in [-0.3, -0.25) is 9.59 Å². The number of hydrogen-bond acceptors (Lipinski definition) is 3. The first-order valence-electron chi connectivity index (χ1n) is 8.18. The molecule has 23 heavy (non-hydrogen) atoms. The summed E-state index contributed by atoms with van der Waals surface area (Å²) >= 11 is 0. The van der Waals surface area contributed by atoms with E-state index in [-0.39, 0.29) is 24.5 Å². The van der Waals surface area contributed by atoms with Crippen molar-refractivity contribution in [3.05, 3.63) is 35.4 Å². The van der Waals surface area contributed by atoms with Crippen molar-refractivity contribution in [1.82, 2.24) is 10.2 Å². The van der Waals surface area contributed by atoms with Crippen LogP contribution in [0.3, 0.4) is 0 Å². The standard InChI is InChI=1S/C18H26N2O3/c1-13(2)14-4-6-15(7-5-14)18(22)19-16-8-10-20(11-9-16)17(21)12-23-3/h4-7,13,16H,8-12H2,1-3H3,(H,19,22). The van der Waals surface area contributed by atoms with Gasteiger partial charge in [0.05, 0.1) is 0 Å². The number of rotatable bonds is 5. The summed E-state index contributed by atoms with van der Waals surface area (Å²) < 4.78 is 4.87. The quantitative estimate of drug-likeness (QED) is 0.905. The molecule has 2 rings (SSSR count). The molecule has 0 unspecified atom stereocenters. The summed E-state index contributed by atoms with van der Waals surface area (Å²) in [6.45, 7) is 5.72. The SMILES string of the molecule is COCC(=O)N1CCC(NC(=O)c2ccc(C(C)C)cc2)CC1. The van der Waals surface area contributed by atoms with E-state index in [1.807, 2.05) is 24.3 Å². The molecule has 5 heteroatoms. The molecule has 1 aromatic rings. The lowest BCUT2D eigenvalue weighted by molar-refractivity contribution is -0.136. The number of likely N-dealkylation sites (tertiary alicyclic amines) is 1. The maximum absolute atomic E-state index is 12.3. The molecule has 2 amide bonds. The van der Waals surface area contributed by atoms with Gasteiger partial charge in [0.2, 0.25) is 5.91 Å². The molecule has 1 N–H and O–H groups in total. The number of methoxy groups -OCH3 is 1. The summed E-state index contributed by atoms with van der Waals surface area (Å²) in [7, 11) is 1.52. The van der Waals surface area contributed by atoms with Crippen LogP contribution in [0, 0.1) is 0 Å². The van der Waals surface area contributed by atoms with Gasteiger partial charge in [-0.05, 0) is 36.5 Å². The molecular formula is C18H26N2O3. The predicted octanol–water partition coefficient (Wildman–Crippen LogP) is 2.18. The van der Waals surface area contributed by atoms with Crippen molar-refractivity contribution >= 4 is 11.8 Å². The number of ether oxygens (including phenoxy) is 1. The highest BCUT2D eigenvalue weighted by Crippen LogP contribution is 2.16. The minimum atomic E-state index is -0.0398. The van der Waals surface area contributed by atoms with Gasteiger partial charge >= 0.3 is 0 Å². The van der Waals surface area contributed by atoms with Crippen molar-refractivity contribution in [1.29, 1.82) is 0 Å². The van der Waals surface area contributed by atoms with Crippen LogP contribution in [-0.2, 0) is 9.53 Å². The Labute approximate surface area is 138 Å². The molecular weight excluding hydrogens is 292 g/mol. The third-order valence-corrected chi connectivity index (χ3v) is 4.29. The summed E-state index contributed by atoms with van der Waals surface area (Å²) in [5, 5.41) is 3.07. The Bertz CT molecular complexity index is 532. The molecule has 126 valence electrons. The van der Waals surface area contributed by atoms with Gasteiger partial charge in [0.25, 0.3) is 5.91 Å². The minimum absolute atomic E-state index is 0.0153. The summed E-state index contributed by atoms with van der Waals surface area (Å²) in [5.41, 5.74) is 1.92. The minimum Gasteiger partial charge on any atom is -0.375 e. The molecule has 1 aliphatic heterocycles. The predicted molar refractivity (Wildman–Crippen MR) is 89.5 cm³/mol. The molecule has 1 aliphatic rings. The number of piperidine rings is 1. The molecule has 0 bridgehead atoms. The lowest BCUT2D eigenvalue weighted by Gasteiger charge is -2.32. The molecule has 1 fully saturated rings. The number of carbonyl (C=O) groups excluding carboxylic acids is 2. The van der Waals surface area contributed by atoms with E-state index >= 15 is 0 Å². The number of hydrogen-bond donors (Lipinski definition) is 1. The Balaban J connectivity index is 1.84. The summed E-state index contributed by atoms with van der Waals surface area (Å²) in [6.07, 6.45) is 1.57. The lowest BCUT2D eigenvalue weighted by Crippen LogP contribution is -2.47. The maximum atomic E-state index is 12.3. The molecule has 1 aromatic carbocycles. The first-order chi connectivity index (χ1) is 11.0. The van der Waals surface area contributed by atoms with E-state index in [1.165, 1.54) is 12.7 Å². The third-order valence-electron chi connectivity index (χ3n) is 4.29. The Morgan fingerprint density at radius 1 is 1.22 bits per heavy atom. The number of benzene rings is 1. The van der Waals surface area contributed by atoms with Crippen molar-refractivity contribution in [2.24, 2.45) is 0 Å². The molecule has 0 radical (unpaired) electrons. The van der Waals surface area contributed by atoms with Crippen LogP contribution in [-0.4, -0.2) is 49.6 Å². The van der Waals surface area contributed by atoms with Gasteiger partial charge < -0.3 is 15.0 Å². The second-order valence-electron chi connectivity index (χ2n) is 6.34. The van der Waals surface area contributed by atoms with E-state index in [2.05, 4.69) is 19.2 Å². The van der Waals surface area contributed by atoms with Crippen molar-refractivity contribution in [3.8, 4) is 0 Å². The second kappa shape index (κ2) is 8.11. The second-order valence-corrected chi connectivity index (χ2v) is 6.34. The normalized spacial score (nSPS) is 15.7. The Morgan fingerprint density at radius 3 is 2.35 bits per heavy atom. The fourth-order valence-corrected chi connectivity index (χ4v) is 2.78. The zero-order chi connectivity index (χ0) is 16.8. The monoisotopic (exact) mass is 318 g/mol. The molecule has 0 aromatic heterocycles. The van der Waals surface area contributed by atoms with Crippen LogP contribution in [0.25, 0.3) is 0 Å². The summed E-state index contributed by atoms with van der Waals surface area (Å²) in [4.78, 5) is 25.8. The average Bonchev–Trinajstić information content (AvgIpc) is 2.55. The molecule has 0 atom stereocenters. The molecule has 1 saturated heterocycles. The summed E-state index contributed by atoms with van der Waals surface area (Å²) in [5.74, 6) is 0.435. The summed E-state index contributed by atoms with van der Waals surface area (Å²) in [6, 6.07) is 7.89. The first-order valence-corrected chi connectivity index (χ1v) is 8.18. The molecule has 1 heterocycles. The van der Waals surface area contributed by atoms with E-state index in [0.717, 1.165) is 12.8 Å². The van der Waals surface area contributed by atoms with Crippen molar-refractivity contribution in [3.63, 3.8) is 0 Å². The number of nitrogens with zero attached hydrogens (tertiary/aromatic N) is 1. The van der Waals surface area contributed by atoms with E-state index in [1.54, 1.807) is 4.90 Å². The van der Waals surface area contributed by atoms with Crippen molar-refractivity contribution in [2.45, 2.75) is 38.6 Å². The molecule has 0 saturated carbocycles. The van der Waals surface area contributed by atoms with Crippen LogP contribution < -0.4 is 5.32 Å². The van der Waals surface area contributed by atoms with Crippen LogP contribution in [0.5, 0.6) is 0 Å². The topological polar surface area (TPSA) is 58.6 Å². The van der Waals surface area contributed by atoms with Crippen molar-refractivity contribution in [2.75, 3.05) is 26.8 Å². The lowest BCUT2D eigenvalue weighted by atomic mass is 10.0. The largest absolute Gasteiger partial charge is 0.375 e. The zero-order valence-corrected chi connectivity index (χ0v) is 14.2. The highest BCUT2D eigenvalue weighted by Gasteiger charge is 2.23. The fourth-order valence-electron chi connectivity index (χ4n) is 2.78. The van der Waals surface area contributed by atoms with E-state index in [0.29, 0.717) is 24.6 Å². The van der Waals surface area contributed by atoms with Gasteiger partial charge in [-0.2, -0.15) is 0 Å². The highest BCUT2D eigenvalue weighted by molar-refractivity contribution is 5.94. The number of amides is 2. The van der Waals surface area contributed by atoms with E-state index in [4.69, 9.17) is 4.74 Å². The van der Waals surface area contributed by atoms with E-state index in [9.17, 15) is 9.59 Å². The molecule has 0 aliphatic carbocycles.